The normalized spacial score (nSPS) is 9.83. The Morgan fingerprint density at radius 2 is 2.25 bits per heavy atom. The van der Waals surface area contributed by atoms with Crippen molar-refractivity contribution in [2.75, 3.05) is 0 Å². The van der Waals surface area contributed by atoms with Crippen LogP contribution in [0.2, 0.25) is 0 Å². The van der Waals surface area contributed by atoms with Gasteiger partial charge in [-0.3, -0.25) is 0 Å². The van der Waals surface area contributed by atoms with Crippen LogP contribution in [-0.2, 0) is 0 Å². The van der Waals surface area contributed by atoms with Gasteiger partial charge in [0, 0.05) is 0 Å². The van der Waals surface area contributed by atoms with E-state index in [-0.39, 0.29) is 5.75 Å². The Morgan fingerprint density at radius 1 is 1.58 bits per heavy atom. The van der Waals surface area contributed by atoms with Crippen molar-refractivity contribution < 1.29 is 5.11 Å². The molecule has 0 aliphatic rings. The molecule has 0 radical (unpaired) electrons. The molecule has 1 rings (SSSR count). The van der Waals surface area contributed by atoms with E-state index in [0.717, 1.165) is 12.0 Å². The molecule has 0 spiro atoms. The predicted molar refractivity (Wildman–Crippen MR) is 47.8 cm³/mol. The summed E-state index contributed by atoms with van der Waals surface area (Å²) in [5.74, 6) is 0.143. The van der Waals surface area contributed by atoms with Gasteiger partial charge in [-0.15, -0.1) is 0 Å². The number of nitrogens with zero attached hydrogens (tertiary/aromatic N) is 2. The molecule has 0 aliphatic carbocycles. The van der Waals surface area contributed by atoms with Crippen LogP contribution in [-0.4, -0.2) is 15.1 Å². The molecule has 64 valence electrons. The van der Waals surface area contributed by atoms with Crippen LogP contribution in [0.15, 0.2) is 12.9 Å². The van der Waals surface area contributed by atoms with Gasteiger partial charge in [-0.1, -0.05) is 13.5 Å². The Kier molecular flexibility index (Phi) is 2.43. The second kappa shape index (κ2) is 3.34. The van der Waals surface area contributed by atoms with Crippen molar-refractivity contribution >= 4 is 5.57 Å². The molecule has 0 aliphatic heterocycles. The van der Waals surface area contributed by atoms with Crippen molar-refractivity contribution in [3.8, 4) is 5.75 Å². The third-order valence-corrected chi connectivity index (χ3v) is 1.77. The van der Waals surface area contributed by atoms with Gasteiger partial charge in [-0.05, 0) is 18.9 Å². The van der Waals surface area contributed by atoms with Crippen molar-refractivity contribution in [3.05, 3.63) is 24.3 Å². The molecule has 1 heterocycles. The Morgan fingerprint density at radius 3 is 2.83 bits per heavy atom. The average Bonchev–Trinajstić information content (AvgIpc) is 2.08. The molecular formula is C9H12N2O. The molecular weight excluding hydrogens is 152 g/mol. The van der Waals surface area contributed by atoms with Crippen LogP contribution in [0.1, 0.15) is 24.7 Å². The van der Waals surface area contributed by atoms with Crippen LogP contribution in [0.3, 0.4) is 0 Å². The number of aromatic nitrogens is 2. The molecule has 1 aromatic rings. The molecule has 0 unspecified atom stereocenters. The van der Waals surface area contributed by atoms with Crippen LogP contribution >= 0.6 is 0 Å². The van der Waals surface area contributed by atoms with Crippen LogP contribution in [0, 0.1) is 6.92 Å². The summed E-state index contributed by atoms with van der Waals surface area (Å²) in [6, 6.07) is 0. The Balaban J connectivity index is 3.16. The highest BCUT2D eigenvalue weighted by Gasteiger charge is 2.07. The fraction of sp³-hybridized carbons (Fsp3) is 0.333. The van der Waals surface area contributed by atoms with E-state index in [0.29, 0.717) is 11.4 Å². The topological polar surface area (TPSA) is 46.0 Å². The van der Waals surface area contributed by atoms with Gasteiger partial charge in [0.25, 0.3) is 0 Å². The van der Waals surface area contributed by atoms with Gasteiger partial charge >= 0.3 is 0 Å². The molecule has 0 saturated carbocycles. The number of hydrogen-bond acceptors (Lipinski definition) is 3. The molecule has 1 N–H and O–H groups in total. The summed E-state index contributed by atoms with van der Waals surface area (Å²) >= 11 is 0. The van der Waals surface area contributed by atoms with Crippen LogP contribution in [0.4, 0.5) is 0 Å². The minimum Gasteiger partial charge on any atom is -0.504 e. The first kappa shape index (κ1) is 8.71. The molecule has 0 amide bonds. The minimum atomic E-state index is 0.143. The zero-order valence-corrected chi connectivity index (χ0v) is 7.33. The van der Waals surface area contributed by atoms with E-state index < -0.39 is 0 Å². The van der Waals surface area contributed by atoms with Crippen molar-refractivity contribution in [1.82, 2.24) is 9.97 Å². The fourth-order valence-electron chi connectivity index (χ4n) is 0.893. The predicted octanol–water partition coefficient (Wildman–Crippen LogP) is 1.91. The van der Waals surface area contributed by atoms with E-state index in [9.17, 15) is 5.11 Å². The maximum Gasteiger partial charge on any atom is 0.162 e. The summed E-state index contributed by atoms with van der Waals surface area (Å²) < 4.78 is 0. The molecule has 0 saturated heterocycles. The van der Waals surface area contributed by atoms with E-state index in [2.05, 4.69) is 16.5 Å². The first-order valence-electron chi connectivity index (χ1n) is 3.85. The van der Waals surface area contributed by atoms with E-state index in [4.69, 9.17) is 0 Å². The number of rotatable bonds is 2. The lowest BCUT2D eigenvalue weighted by atomic mass is 10.1. The van der Waals surface area contributed by atoms with Gasteiger partial charge in [0.1, 0.15) is 12.0 Å². The summed E-state index contributed by atoms with van der Waals surface area (Å²) in [6.07, 6.45) is 2.22. The molecule has 0 bridgehead atoms. The number of allylic oxidation sites excluding steroid dienone is 1. The second-order valence-electron chi connectivity index (χ2n) is 2.61. The highest BCUT2D eigenvalue weighted by molar-refractivity contribution is 5.65. The van der Waals surface area contributed by atoms with Gasteiger partial charge in [-0.25, -0.2) is 9.97 Å². The quantitative estimate of drug-likeness (QED) is 0.726. The fourth-order valence-corrected chi connectivity index (χ4v) is 0.893. The van der Waals surface area contributed by atoms with Gasteiger partial charge in [0.05, 0.1) is 5.69 Å². The maximum absolute atomic E-state index is 9.51. The largest absolute Gasteiger partial charge is 0.504 e. The lowest BCUT2D eigenvalue weighted by Crippen LogP contribution is -1.92. The smallest absolute Gasteiger partial charge is 0.162 e. The lowest BCUT2D eigenvalue weighted by molar-refractivity contribution is 0.462. The van der Waals surface area contributed by atoms with Crippen molar-refractivity contribution in [2.45, 2.75) is 20.3 Å². The Labute approximate surface area is 71.8 Å². The van der Waals surface area contributed by atoms with E-state index in [1.54, 1.807) is 6.92 Å². The molecule has 3 nitrogen and oxygen atoms in total. The Hall–Kier alpha value is -1.38. The van der Waals surface area contributed by atoms with E-state index >= 15 is 0 Å². The standard InChI is InChI=1S/C9H12N2O/c1-4-6(2)8-9(12)7(3)10-5-11-8/h5,12H,2,4H2,1,3H3. The first-order chi connectivity index (χ1) is 5.66. The molecule has 0 aromatic carbocycles. The molecule has 0 atom stereocenters. The van der Waals surface area contributed by atoms with Gasteiger partial charge in [0.2, 0.25) is 0 Å². The zero-order chi connectivity index (χ0) is 9.14. The number of aromatic hydroxyl groups is 1. The van der Waals surface area contributed by atoms with Gasteiger partial charge in [-0.2, -0.15) is 0 Å². The van der Waals surface area contributed by atoms with Crippen LogP contribution in [0.5, 0.6) is 5.75 Å². The second-order valence-corrected chi connectivity index (χ2v) is 2.61. The first-order valence-corrected chi connectivity index (χ1v) is 3.85. The van der Waals surface area contributed by atoms with Gasteiger partial charge < -0.3 is 5.11 Å². The molecule has 0 fully saturated rings. The highest BCUT2D eigenvalue weighted by atomic mass is 16.3. The van der Waals surface area contributed by atoms with E-state index in [1.165, 1.54) is 6.33 Å². The van der Waals surface area contributed by atoms with Crippen molar-refractivity contribution in [3.63, 3.8) is 0 Å². The monoisotopic (exact) mass is 164 g/mol. The van der Waals surface area contributed by atoms with Crippen LogP contribution in [0.25, 0.3) is 5.57 Å². The van der Waals surface area contributed by atoms with Crippen molar-refractivity contribution in [1.29, 1.82) is 0 Å². The van der Waals surface area contributed by atoms with Crippen LogP contribution < -0.4 is 0 Å². The third kappa shape index (κ3) is 1.44. The zero-order valence-electron chi connectivity index (χ0n) is 7.33. The SMILES string of the molecule is C=C(CC)c1ncnc(C)c1O. The minimum absolute atomic E-state index is 0.143. The van der Waals surface area contributed by atoms with Crippen molar-refractivity contribution in [2.24, 2.45) is 0 Å². The third-order valence-electron chi connectivity index (χ3n) is 1.77. The van der Waals surface area contributed by atoms with Gasteiger partial charge in [0.15, 0.2) is 5.75 Å². The summed E-state index contributed by atoms with van der Waals surface area (Å²) in [5.41, 5.74) is 1.98. The lowest BCUT2D eigenvalue weighted by Gasteiger charge is -2.05. The number of hydrogen-bond donors (Lipinski definition) is 1. The summed E-state index contributed by atoms with van der Waals surface area (Å²) in [5, 5.41) is 9.51. The summed E-state index contributed by atoms with van der Waals surface area (Å²) in [7, 11) is 0. The molecule has 12 heavy (non-hydrogen) atoms. The molecule has 1 aromatic heterocycles. The summed E-state index contributed by atoms with van der Waals surface area (Å²) in [4.78, 5) is 7.80. The average molecular weight is 164 g/mol. The Bertz CT molecular complexity index is 307. The summed E-state index contributed by atoms with van der Waals surface area (Å²) in [6.45, 7) is 7.51. The molecule has 3 heteroatoms. The highest BCUT2D eigenvalue weighted by Crippen LogP contribution is 2.24. The van der Waals surface area contributed by atoms with E-state index in [1.807, 2.05) is 6.92 Å². The number of aryl methyl sites for hydroxylation is 1. The maximum atomic E-state index is 9.51.